The average Bonchev–Trinajstić information content (AvgIpc) is 3.33. The maximum atomic E-state index is 15.1. The highest BCUT2D eigenvalue weighted by Crippen LogP contribution is 2.64. The molecule has 4 aliphatic rings. The van der Waals surface area contributed by atoms with Crippen LogP contribution in [-0.4, -0.2) is 65.3 Å². The molecule has 1 unspecified atom stereocenters. The van der Waals surface area contributed by atoms with E-state index in [-0.39, 0.29) is 49.1 Å². The molecular formula is C29H31F8NO4S. The van der Waals surface area contributed by atoms with Gasteiger partial charge >= 0.3 is 18.0 Å². The van der Waals surface area contributed by atoms with Crippen molar-refractivity contribution < 1.29 is 53.4 Å². The molecule has 3 atom stereocenters. The van der Waals surface area contributed by atoms with E-state index in [9.17, 15) is 49.1 Å². The molecule has 1 amide bonds. The molecule has 43 heavy (non-hydrogen) atoms. The van der Waals surface area contributed by atoms with Crippen LogP contribution in [0.15, 0.2) is 52.5 Å². The van der Waals surface area contributed by atoms with Crippen molar-refractivity contribution in [2.24, 2.45) is 5.41 Å². The minimum Gasteiger partial charge on any atom is -0.380 e. The van der Waals surface area contributed by atoms with Crippen LogP contribution in [0.5, 0.6) is 0 Å². The van der Waals surface area contributed by atoms with Gasteiger partial charge in [-0.05, 0) is 62.8 Å². The first-order chi connectivity index (χ1) is 19.8. The highest BCUT2D eigenvalue weighted by molar-refractivity contribution is 7.93. The van der Waals surface area contributed by atoms with Crippen molar-refractivity contribution >= 4 is 15.7 Å². The molecule has 3 fully saturated rings. The van der Waals surface area contributed by atoms with E-state index >= 15 is 4.39 Å². The summed E-state index contributed by atoms with van der Waals surface area (Å²) in [6.45, 7) is 1.24. The Morgan fingerprint density at radius 1 is 0.953 bits per heavy atom. The monoisotopic (exact) mass is 641 g/mol. The van der Waals surface area contributed by atoms with Gasteiger partial charge in [-0.1, -0.05) is 43.9 Å². The molecule has 1 aromatic carbocycles. The lowest BCUT2D eigenvalue weighted by Crippen LogP contribution is -2.65. The Morgan fingerprint density at radius 3 is 2.09 bits per heavy atom. The van der Waals surface area contributed by atoms with E-state index in [1.54, 1.807) is 0 Å². The Balaban J connectivity index is 1.67. The van der Waals surface area contributed by atoms with Crippen LogP contribution in [0.3, 0.4) is 0 Å². The standard InChI is InChI=1S/C29H31F8NO4S/c1-24-14-11-19(27(31,28(32,33)34)29(35,36)37)17-18(24)5-10-22-26(24,43(41,42)21-8-6-20(30)7-9-21)15-16-38(22)23(39)25(40)12-3-2-4-13-25/h6-9,11,17,22,40H,2-5,10,12-16H2,1H3/t22-,24?,26+/m1/s1. The quantitative estimate of drug-likeness (QED) is 0.300. The van der Waals surface area contributed by atoms with Crippen LogP contribution >= 0.6 is 0 Å². The van der Waals surface area contributed by atoms with Gasteiger partial charge in [-0.3, -0.25) is 4.79 Å². The lowest BCUT2D eigenvalue weighted by molar-refractivity contribution is -0.325. The molecule has 1 N–H and O–H groups in total. The van der Waals surface area contributed by atoms with Crippen LogP contribution in [0.4, 0.5) is 35.1 Å². The summed E-state index contributed by atoms with van der Waals surface area (Å²) in [6, 6.07) is 2.73. The first-order valence-corrected chi connectivity index (χ1v) is 15.5. The zero-order chi connectivity index (χ0) is 31.9. The number of hydrogen-bond donors (Lipinski definition) is 1. The number of carbonyl (C=O) groups is 1. The first kappa shape index (κ1) is 31.9. The fourth-order valence-electron chi connectivity index (χ4n) is 7.85. The molecule has 5 nitrogen and oxygen atoms in total. The van der Waals surface area contributed by atoms with E-state index < -0.39 is 73.4 Å². The number of amides is 1. The SMILES string of the molecule is CC12CC=C(C(F)(C(F)(F)F)C(F)(F)F)C=C1CC[C@H]1N(C(=O)C3(O)CCCCC3)CC[C@]12S(=O)(=O)c1ccc(F)cc1. The molecule has 0 radical (unpaired) electrons. The zero-order valence-corrected chi connectivity index (χ0v) is 24.0. The Morgan fingerprint density at radius 2 is 1.53 bits per heavy atom. The second-order valence-corrected chi connectivity index (χ2v) is 14.5. The van der Waals surface area contributed by atoms with Gasteiger partial charge in [0.25, 0.3) is 5.91 Å². The molecule has 1 aromatic rings. The summed E-state index contributed by atoms with van der Waals surface area (Å²) in [5.74, 6) is -1.41. The van der Waals surface area contributed by atoms with E-state index in [4.69, 9.17) is 0 Å². The molecule has 1 aliphatic heterocycles. The van der Waals surface area contributed by atoms with Gasteiger partial charge in [-0.15, -0.1) is 0 Å². The Kier molecular flexibility index (Phi) is 7.44. The number of fused-ring (bicyclic) bond motifs is 3. The minimum atomic E-state index is -6.34. The van der Waals surface area contributed by atoms with Gasteiger partial charge in [0.15, 0.2) is 9.84 Å². The summed E-state index contributed by atoms with van der Waals surface area (Å²) >= 11 is 0. The third kappa shape index (κ3) is 4.39. The molecule has 0 spiro atoms. The van der Waals surface area contributed by atoms with Gasteiger partial charge < -0.3 is 10.0 Å². The summed E-state index contributed by atoms with van der Waals surface area (Å²) in [6.07, 6.45) is -10.8. The van der Waals surface area contributed by atoms with E-state index in [1.807, 2.05) is 0 Å². The van der Waals surface area contributed by atoms with Gasteiger partial charge in [0, 0.05) is 17.5 Å². The van der Waals surface area contributed by atoms with Crippen LogP contribution < -0.4 is 0 Å². The number of sulfone groups is 1. The van der Waals surface area contributed by atoms with Crippen molar-refractivity contribution in [2.75, 3.05) is 6.54 Å². The average molecular weight is 642 g/mol. The Hall–Kier alpha value is -2.48. The number of allylic oxidation sites excluding steroid dienone is 4. The number of carbonyl (C=O) groups excluding carboxylic acids is 1. The lowest BCUT2D eigenvalue weighted by Gasteiger charge is -2.56. The van der Waals surface area contributed by atoms with Gasteiger partial charge in [0.2, 0.25) is 0 Å². The highest BCUT2D eigenvalue weighted by Gasteiger charge is 2.75. The van der Waals surface area contributed by atoms with E-state index in [0.29, 0.717) is 25.0 Å². The molecule has 14 heteroatoms. The first-order valence-electron chi connectivity index (χ1n) is 14.0. The Labute approximate surface area is 243 Å². The van der Waals surface area contributed by atoms with Crippen LogP contribution in [0.1, 0.15) is 64.7 Å². The van der Waals surface area contributed by atoms with E-state index in [1.165, 1.54) is 11.8 Å². The second-order valence-electron chi connectivity index (χ2n) is 12.3. The maximum Gasteiger partial charge on any atom is 0.435 e. The maximum absolute atomic E-state index is 15.1. The smallest absolute Gasteiger partial charge is 0.380 e. The van der Waals surface area contributed by atoms with Gasteiger partial charge in [-0.2, -0.15) is 26.3 Å². The van der Waals surface area contributed by atoms with Crippen molar-refractivity contribution in [1.29, 1.82) is 0 Å². The van der Waals surface area contributed by atoms with Crippen LogP contribution in [0, 0.1) is 11.2 Å². The molecule has 5 rings (SSSR count). The molecule has 1 heterocycles. The van der Waals surface area contributed by atoms with Crippen molar-refractivity contribution in [1.82, 2.24) is 4.90 Å². The molecular weight excluding hydrogens is 610 g/mol. The predicted molar refractivity (Wildman–Crippen MR) is 139 cm³/mol. The van der Waals surface area contributed by atoms with Gasteiger partial charge in [0.1, 0.15) is 16.2 Å². The minimum absolute atomic E-state index is 0.117. The normalized spacial score (nSPS) is 29.8. The number of aliphatic hydroxyl groups is 1. The Bertz CT molecular complexity index is 1450. The van der Waals surface area contributed by atoms with Gasteiger partial charge in [0.05, 0.1) is 10.9 Å². The number of benzene rings is 1. The molecule has 1 saturated heterocycles. The number of nitrogens with zero attached hydrogens (tertiary/aromatic N) is 1. The molecule has 238 valence electrons. The fraction of sp³-hybridized carbons (Fsp3) is 0.621. The van der Waals surface area contributed by atoms with E-state index in [2.05, 4.69) is 0 Å². The molecule has 0 bridgehead atoms. The predicted octanol–water partition coefficient (Wildman–Crippen LogP) is 6.52. The third-order valence-electron chi connectivity index (χ3n) is 10.2. The number of likely N-dealkylation sites (tertiary alicyclic amines) is 1. The number of halogens is 8. The van der Waals surface area contributed by atoms with Crippen molar-refractivity contribution in [2.45, 2.75) is 104 Å². The summed E-state index contributed by atoms with van der Waals surface area (Å²) in [7, 11) is -4.58. The van der Waals surface area contributed by atoms with Crippen LogP contribution in [0.2, 0.25) is 0 Å². The number of hydrogen-bond acceptors (Lipinski definition) is 4. The largest absolute Gasteiger partial charge is 0.435 e. The fourth-order valence-corrected chi connectivity index (χ4v) is 10.5. The van der Waals surface area contributed by atoms with Crippen molar-refractivity contribution in [3.63, 3.8) is 0 Å². The summed E-state index contributed by atoms with van der Waals surface area (Å²) in [4.78, 5) is 14.8. The van der Waals surface area contributed by atoms with E-state index in [0.717, 1.165) is 30.7 Å². The zero-order valence-electron chi connectivity index (χ0n) is 23.2. The topological polar surface area (TPSA) is 74.7 Å². The lowest BCUT2D eigenvalue weighted by atomic mass is 9.57. The molecule has 2 saturated carbocycles. The third-order valence-corrected chi connectivity index (χ3v) is 12.9. The van der Waals surface area contributed by atoms with Crippen molar-refractivity contribution in [3.05, 3.63) is 53.4 Å². The number of alkyl halides is 7. The summed E-state index contributed by atoms with van der Waals surface area (Å²) in [5, 5.41) is 11.2. The summed E-state index contributed by atoms with van der Waals surface area (Å²) < 4.78 is 138. The molecule has 0 aromatic heterocycles. The highest BCUT2D eigenvalue weighted by atomic mass is 32.2. The van der Waals surface area contributed by atoms with Crippen LogP contribution in [0.25, 0.3) is 0 Å². The van der Waals surface area contributed by atoms with Gasteiger partial charge in [-0.25, -0.2) is 17.2 Å². The van der Waals surface area contributed by atoms with Crippen molar-refractivity contribution in [3.8, 4) is 0 Å². The van der Waals surface area contributed by atoms with Crippen LogP contribution in [-0.2, 0) is 14.6 Å². The number of rotatable bonds is 4. The second kappa shape index (κ2) is 10.0. The summed E-state index contributed by atoms with van der Waals surface area (Å²) in [5.41, 5.74) is -10.9. The molecule has 3 aliphatic carbocycles.